The number of likely N-dealkylation sites (tertiary alicyclic amines) is 1. The van der Waals surface area contributed by atoms with Gasteiger partial charge in [0.05, 0.1) is 17.9 Å². The molecule has 0 unspecified atom stereocenters. The zero-order valence-corrected chi connectivity index (χ0v) is 13.3. The summed E-state index contributed by atoms with van der Waals surface area (Å²) in [6, 6.07) is 0. The average Bonchev–Trinajstić information content (AvgIpc) is 3.09. The topological polar surface area (TPSA) is 111 Å². The highest BCUT2D eigenvalue weighted by Gasteiger charge is 2.31. The Morgan fingerprint density at radius 1 is 1.30 bits per heavy atom. The van der Waals surface area contributed by atoms with Crippen LogP contribution in [0.2, 0.25) is 0 Å². The molecular formula is C16H25N5O2. The Labute approximate surface area is 134 Å². The van der Waals surface area contributed by atoms with Crippen molar-refractivity contribution in [2.45, 2.75) is 38.3 Å². The van der Waals surface area contributed by atoms with Crippen molar-refractivity contribution in [3.8, 4) is 0 Å². The minimum atomic E-state index is -0.269. The van der Waals surface area contributed by atoms with E-state index in [0.29, 0.717) is 24.5 Å². The summed E-state index contributed by atoms with van der Waals surface area (Å²) in [4.78, 5) is 23.8. The number of β-amino-alcohol motifs (C(OH)–C–C–N with tert-alkyl or cyclic N) is 1. The van der Waals surface area contributed by atoms with Crippen LogP contribution in [0, 0.1) is 5.92 Å². The van der Waals surface area contributed by atoms with Crippen molar-refractivity contribution in [1.82, 2.24) is 19.9 Å². The van der Waals surface area contributed by atoms with E-state index >= 15 is 0 Å². The molecular weight excluding hydrogens is 294 g/mol. The molecule has 3 heterocycles. The van der Waals surface area contributed by atoms with Crippen LogP contribution >= 0.6 is 0 Å². The molecule has 2 atom stereocenters. The normalized spacial score (nSPS) is 22.2. The fourth-order valence-electron chi connectivity index (χ4n) is 3.45. The number of hydrogen-bond acceptors (Lipinski definition) is 5. The Morgan fingerprint density at radius 3 is 3.00 bits per heavy atom. The van der Waals surface area contributed by atoms with Gasteiger partial charge in [-0.3, -0.25) is 9.69 Å². The fraction of sp³-hybridized carbons (Fsp3) is 0.625. The van der Waals surface area contributed by atoms with E-state index in [2.05, 4.69) is 19.9 Å². The monoisotopic (exact) mass is 319 g/mol. The molecule has 126 valence electrons. The van der Waals surface area contributed by atoms with Gasteiger partial charge in [-0.25, -0.2) is 4.98 Å². The summed E-state index contributed by atoms with van der Waals surface area (Å²) >= 11 is 0. The minimum Gasteiger partial charge on any atom is -0.391 e. The van der Waals surface area contributed by atoms with E-state index in [1.807, 2.05) is 6.20 Å². The molecule has 0 aromatic carbocycles. The number of aliphatic hydroxyl groups is 1. The van der Waals surface area contributed by atoms with Gasteiger partial charge in [0.25, 0.3) is 5.56 Å². The molecule has 0 amide bonds. The van der Waals surface area contributed by atoms with Crippen LogP contribution in [0.5, 0.6) is 0 Å². The molecule has 0 spiro atoms. The number of aromatic nitrogens is 3. The van der Waals surface area contributed by atoms with Crippen molar-refractivity contribution in [3.05, 3.63) is 28.4 Å². The average molecular weight is 319 g/mol. The van der Waals surface area contributed by atoms with Gasteiger partial charge < -0.3 is 20.8 Å². The number of hydrogen-bond donors (Lipinski definition) is 4. The van der Waals surface area contributed by atoms with Gasteiger partial charge in [0.2, 0.25) is 0 Å². The predicted octanol–water partition coefficient (Wildman–Crippen LogP) is 0.563. The number of nitrogens with one attached hydrogen (secondary N) is 2. The molecule has 0 bridgehead atoms. The number of aliphatic hydroxyl groups excluding tert-OH is 1. The second kappa shape index (κ2) is 7.25. The molecule has 1 aliphatic heterocycles. The van der Waals surface area contributed by atoms with Gasteiger partial charge in [-0.05, 0) is 25.3 Å². The molecule has 1 fully saturated rings. The SMILES string of the molecule is NCCCCC[C@H]1CN(Cc2c[nH]c3c(=O)[nH]cnc23)C[C@@H]1O. The maximum Gasteiger partial charge on any atom is 0.275 e. The van der Waals surface area contributed by atoms with Crippen molar-refractivity contribution in [3.63, 3.8) is 0 Å². The summed E-state index contributed by atoms with van der Waals surface area (Å²) in [5.41, 5.74) is 7.59. The van der Waals surface area contributed by atoms with Gasteiger partial charge in [0.1, 0.15) is 5.52 Å². The summed E-state index contributed by atoms with van der Waals surface area (Å²) in [5, 5.41) is 10.3. The van der Waals surface area contributed by atoms with Crippen LogP contribution in [-0.2, 0) is 6.54 Å². The van der Waals surface area contributed by atoms with Crippen molar-refractivity contribution < 1.29 is 5.11 Å². The Balaban J connectivity index is 1.60. The van der Waals surface area contributed by atoms with Crippen LogP contribution in [-0.4, -0.2) is 50.7 Å². The molecule has 1 aliphatic rings. The number of fused-ring (bicyclic) bond motifs is 1. The van der Waals surface area contributed by atoms with Crippen LogP contribution < -0.4 is 11.3 Å². The lowest BCUT2D eigenvalue weighted by molar-refractivity contribution is 0.136. The molecule has 0 saturated carbocycles. The first-order chi connectivity index (χ1) is 11.2. The maximum absolute atomic E-state index is 11.7. The summed E-state index contributed by atoms with van der Waals surface area (Å²) in [6.07, 6.45) is 7.36. The molecule has 2 aromatic heterocycles. The van der Waals surface area contributed by atoms with Crippen LogP contribution in [0.3, 0.4) is 0 Å². The van der Waals surface area contributed by atoms with Gasteiger partial charge in [-0.1, -0.05) is 12.8 Å². The summed E-state index contributed by atoms with van der Waals surface area (Å²) in [6.45, 7) is 3.01. The molecule has 0 aliphatic carbocycles. The van der Waals surface area contributed by atoms with E-state index in [9.17, 15) is 9.90 Å². The first-order valence-electron chi connectivity index (χ1n) is 8.33. The van der Waals surface area contributed by atoms with Gasteiger partial charge in [-0.15, -0.1) is 0 Å². The summed E-state index contributed by atoms with van der Waals surface area (Å²) < 4.78 is 0. The molecule has 7 heteroatoms. The number of nitrogens with two attached hydrogens (primary N) is 1. The molecule has 23 heavy (non-hydrogen) atoms. The number of aromatic amines is 2. The first-order valence-corrected chi connectivity index (χ1v) is 8.33. The lowest BCUT2D eigenvalue weighted by Crippen LogP contribution is -2.21. The van der Waals surface area contributed by atoms with Gasteiger partial charge in [-0.2, -0.15) is 0 Å². The Kier molecular flexibility index (Phi) is 5.09. The second-order valence-corrected chi connectivity index (χ2v) is 6.43. The fourth-order valence-corrected chi connectivity index (χ4v) is 3.45. The number of nitrogens with zero attached hydrogens (tertiary/aromatic N) is 2. The smallest absolute Gasteiger partial charge is 0.275 e. The van der Waals surface area contributed by atoms with Crippen molar-refractivity contribution >= 4 is 11.0 Å². The van der Waals surface area contributed by atoms with Crippen LogP contribution in [0.25, 0.3) is 11.0 Å². The van der Waals surface area contributed by atoms with Gasteiger partial charge in [0, 0.05) is 31.4 Å². The van der Waals surface area contributed by atoms with Crippen LogP contribution in [0.15, 0.2) is 17.3 Å². The molecule has 2 aromatic rings. The molecule has 1 saturated heterocycles. The zero-order chi connectivity index (χ0) is 16.2. The van der Waals surface area contributed by atoms with E-state index < -0.39 is 0 Å². The largest absolute Gasteiger partial charge is 0.391 e. The highest BCUT2D eigenvalue weighted by Crippen LogP contribution is 2.25. The molecule has 5 N–H and O–H groups in total. The van der Waals surface area contributed by atoms with E-state index in [1.165, 1.54) is 6.33 Å². The van der Waals surface area contributed by atoms with Crippen LogP contribution in [0.1, 0.15) is 31.2 Å². The van der Waals surface area contributed by atoms with Crippen molar-refractivity contribution in [1.29, 1.82) is 0 Å². The van der Waals surface area contributed by atoms with E-state index in [0.717, 1.165) is 49.9 Å². The highest BCUT2D eigenvalue weighted by molar-refractivity contribution is 5.77. The molecule has 3 rings (SSSR count). The van der Waals surface area contributed by atoms with E-state index in [-0.39, 0.29) is 11.7 Å². The first kappa shape index (κ1) is 16.2. The number of H-pyrrole nitrogens is 2. The Morgan fingerprint density at radius 2 is 2.17 bits per heavy atom. The minimum absolute atomic E-state index is 0.152. The van der Waals surface area contributed by atoms with Gasteiger partial charge in [0.15, 0.2) is 0 Å². The summed E-state index contributed by atoms with van der Waals surface area (Å²) in [5.74, 6) is 0.328. The third-order valence-electron chi connectivity index (χ3n) is 4.70. The maximum atomic E-state index is 11.7. The number of rotatable bonds is 7. The Hall–Kier alpha value is -1.70. The van der Waals surface area contributed by atoms with Gasteiger partial charge >= 0.3 is 0 Å². The lowest BCUT2D eigenvalue weighted by atomic mass is 9.98. The molecule has 0 radical (unpaired) electrons. The molecule has 7 nitrogen and oxygen atoms in total. The lowest BCUT2D eigenvalue weighted by Gasteiger charge is -2.15. The highest BCUT2D eigenvalue weighted by atomic mass is 16.3. The van der Waals surface area contributed by atoms with Crippen molar-refractivity contribution in [2.75, 3.05) is 19.6 Å². The van der Waals surface area contributed by atoms with Crippen molar-refractivity contribution in [2.24, 2.45) is 11.7 Å². The van der Waals surface area contributed by atoms with E-state index in [1.54, 1.807) is 0 Å². The second-order valence-electron chi connectivity index (χ2n) is 6.43. The number of unbranched alkanes of at least 4 members (excludes halogenated alkanes) is 2. The third-order valence-corrected chi connectivity index (χ3v) is 4.70. The third kappa shape index (κ3) is 3.63. The van der Waals surface area contributed by atoms with Crippen LogP contribution in [0.4, 0.5) is 0 Å². The predicted molar refractivity (Wildman–Crippen MR) is 89.0 cm³/mol. The zero-order valence-electron chi connectivity index (χ0n) is 13.3. The van der Waals surface area contributed by atoms with E-state index in [4.69, 9.17) is 5.73 Å². The Bertz CT molecular complexity index is 695. The summed E-state index contributed by atoms with van der Waals surface area (Å²) in [7, 11) is 0. The standard InChI is InChI=1S/C16H25N5O2/c17-5-3-1-2-4-11-7-21(9-13(11)22)8-12-6-18-15-14(12)19-10-20-16(15)23/h6,10-11,13,18,22H,1-5,7-9,17H2,(H,19,20,23)/t11-,13-/m0/s1. The quantitative estimate of drug-likeness (QED) is 0.557.